The Morgan fingerprint density at radius 2 is 2.25 bits per heavy atom. The van der Waals surface area contributed by atoms with Crippen LogP contribution in [0.5, 0.6) is 0 Å². The SMILES string of the molecule is CCN1CCS/C1=C/C=C1\SC(=S)N(CC(=O)O)C1=O. The number of nitrogens with zero attached hydrogens (tertiary/aromatic N) is 2. The molecule has 8 heteroatoms. The fraction of sp³-hybridized carbons (Fsp3) is 0.417. The summed E-state index contributed by atoms with van der Waals surface area (Å²) >= 11 is 7.94. The third kappa shape index (κ3) is 3.36. The van der Waals surface area contributed by atoms with Crippen LogP contribution in [-0.2, 0) is 9.59 Å². The first-order chi connectivity index (χ1) is 9.52. The topological polar surface area (TPSA) is 60.9 Å². The Morgan fingerprint density at radius 3 is 2.90 bits per heavy atom. The predicted molar refractivity (Wildman–Crippen MR) is 85.4 cm³/mol. The Balaban J connectivity index is 2.12. The average Bonchev–Trinajstić information content (AvgIpc) is 2.95. The molecule has 5 nitrogen and oxygen atoms in total. The van der Waals surface area contributed by atoms with Crippen LogP contribution in [0.15, 0.2) is 22.1 Å². The predicted octanol–water partition coefficient (Wildman–Crippen LogP) is 1.73. The van der Waals surface area contributed by atoms with Gasteiger partial charge in [-0.3, -0.25) is 14.5 Å². The summed E-state index contributed by atoms with van der Waals surface area (Å²) in [5.74, 6) is -0.345. The van der Waals surface area contributed by atoms with Crippen molar-refractivity contribution < 1.29 is 14.7 Å². The number of carbonyl (C=O) groups excluding carboxylic acids is 1. The van der Waals surface area contributed by atoms with E-state index in [4.69, 9.17) is 17.3 Å². The molecular formula is C12H14N2O3S3. The van der Waals surface area contributed by atoms with Gasteiger partial charge in [0.25, 0.3) is 5.91 Å². The maximum Gasteiger partial charge on any atom is 0.323 e. The van der Waals surface area contributed by atoms with Crippen LogP contribution in [0, 0.1) is 0 Å². The van der Waals surface area contributed by atoms with Crippen LogP contribution in [0.1, 0.15) is 6.92 Å². The Labute approximate surface area is 131 Å². The van der Waals surface area contributed by atoms with E-state index in [2.05, 4.69) is 11.8 Å². The molecule has 2 aliphatic heterocycles. The first-order valence-corrected chi connectivity index (χ1v) is 8.29. The zero-order valence-electron chi connectivity index (χ0n) is 10.9. The number of amides is 1. The molecule has 0 atom stereocenters. The molecule has 20 heavy (non-hydrogen) atoms. The van der Waals surface area contributed by atoms with Crippen molar-refractivity contribution in [1.82, 2.24) is 9.80 Å². The van der Waals surface area contributed by atoms with Gasteiger partial charge in [0.1, 0.15) is 10.9 Å². The molecule has 1 N–H and O–H groups in total. The van der Waals surface area contributed by atoms with Gasteiger partial charge in [-0.25, -0.2) is 0 Å². The van der Waals surface area contributed by atoms with Gasteiger partial charge in [-0.1, -0.05) is 24.0 Å². The van der Waals surface area contributed by atoms with Crippen molar-refractivity contribution in [3.05, 3.63) is 22.1 Å². The highest BCUT2D eigenvalue weighted by Crippen LogP contribution is 2.32. The quantitative estimate of drug-likeness (QED) is 0.622. The lowest BCUT2D eigenvalue weighted by atomic mass is 10.4. The highest BCUT2D eigenvalue weighted by molar-refractivity contribution is 8.26. The van der Waals surface area contributed by atoms with E-state index in [9.17, 15) is 9.59 Å². The number of carbonyl (C=O) groups is 2. The number of thiocarbonyl (C=S) groups is 1. The van der Waals surface area contributed by atoms with Gasteiger partial charge < -0.3 is 10.0 Å². The lowest BCUT2D eigenvalue weighted by molar-refractivity contribution is -0.140. The number of rotatable bonds is 4. The normalized spacial score (nSPS) is 23.4. The van der Waals surface area contributed by atoms with Gasteiger partial charge in [-0.05, 0) is 19.1 Å². The van der Waals surface area contributed by atoms with E-state index in [-0.39, 0.29) is 12.5 Å². The molecule has 2 aliphatic rings. The largest absolute Gasteiger partial charge is 0.480 e. The van der Waals surface area contributed by atoms with E-state index in [1.807, 2.05) is 6.08 Å². The summed E-state index contributed by atoms with van der Waals surface area (Å²) in [5, 5.41) is 9.90. The highest BCUT2D eigenvalue weighted by Gasteiger charge is 2.33. The first kappa shape index (κ1) is 15.4. The van der Waals surface area contributed by atoms with Gasteiger partial charge in [0.15, 0.2) is 0 Å². The zero-order chi connectivity index (χ0) is 14.7. The van der Waals surface area contributed by atoms with Gasteiger partial charge in [0.2, 0.25) is 0 Å². The summed E-state index contributed by atoms with van der Waals surface area (Å²) in [6.45, 7) is 3.66. The summed E-state index contributed by atoms with van der Waals surface area (Å²) < 4.78 is 0.300. The highest BCUT2D eigenvalue weighted by atomic mass is 32.2. The zero-order valence-corrected chi connectivity index (χ0v) is 13.3. The molecule has 2 saturated heterocycles. The fourth-order valence-electron chi connectivity index (χ4n) is 1.86. The van der Waals surface area contributed by atoms with Crippen LogP contribution in [0.2, 0.25) is 0 Å². The van der Waals surface area contributed by atoms with Crippen LogP contribution < -0.4 is 0 Å². The minimum absolute atomic E-state index is 0.300. The number of thioether (sulfide) groups is 2. The van der Waals surface area contributed by atoms with Gasteiger partial charge in [0, 0.05) is 18.8 Å². The number of allylic oxidation sites excluding steroid dienone is 2. The number of hydrogen-bond acceptors (Lipinski definition) is 6. The molecule has 0 aromatic heterocycles. The minimum atomic E-state index is -1.07. The second kappa shape index (κ2) is 6.64. The lowest BCUT2D eigenvalue weighted by Crippen LogP contribution is -2.33. The van der Waals surface area contributed by atoms with Crippen LogP contribution in [-0.4, -0.2) is 56.5 Å². The van der Waals surface area contributed by atoms with E-state index >= 15 is 0 Å². The van der Waals surface area contributed by atoms with E-state index in [1.54, 1.807) is 17.8 Å². The smallest absolute Gasteiger partial charge is 0.323 e. The molecule has 0 bridgehead atoms. The van der Waals surface area contributed by atoms with Gasteiger partial charge >= 0.3 is 5.97 Å². The van der Waals surface area contributed by atoms with Crippen LogP contribution in [0.4, 0.5) is 0 Å². The standard InChI is InChI=1S/C12H14N2O3S3/c1-2-13-5-6-19-9(13)4-3-8-11(17)14(7-10(15)16)12(18)20-8/h3-4H,2,5-7H2,1H3,(H,15,16)/b8-3-,9-4+. The molecule has 0 aromatic rings. The van der Waals surface area contributed by atoms with Crippen molar-refractivity contribution in [3.63, 3.8) is 0 Å². The molecule has 0 saturated carbocycles. The van der Waals surface area contributed by atoms with Gasteiger partial charge in [-0.15, -0.1) is 11.8 Å². The van der Waals surface area contributed by atoms with Gasteiger partial charge in [0.05, 0.1) is 9.93 Å². The first-order valence-electron chi connectivity index (χ1n) is 6.08. The Morgan fingerprint density at radius 1 is 1.50 bits per heavy atom. The van der Waals surface area contributed by atoms with Crippen molar-refractivity contribution in [1.29, 1.82) is 0 Å². The Bertz CT molecular complexity index is 516. The van der Waals surface area contributed by atoms with E-state index < -0.39 is 5.97 Å². The number of carboxylic acid groups (broad SMARTS) is 1. The Kier molecular flexibility index (Phi) is 5.11. The van der Waals surface area contributed by atoms with Crippen LogP contribution in [0.25, 0.3) is 0 Å². The second-order valence-electron chi connectivity index (χ2n) is 4.12. The molecule has 2 rings (SSSR count). The number of hydrogen-bond donors (Lipinski definition) is 1. The average molecular weight is 330 g/mol. The second-order valence-corrected chi connectivity index (χ2v) is 6.91. The summed E-state index contributed by atoms with van der Waals surface area (Å²) in [7, 11) is 0. The van der Waals surface area contributed by atoms with E-state index in [0.717, 1.165) is 40.5 Å². The molecule has 2 fully saturated rings. The maximum atomic E-state index is 12.0. The van der Waals surface area contributed by atoms with E-state index in [1.165, 1.54) is 0 Å². The molecule has 0 aliphatic carbocycles. The molecule has 0 spiro atoms. The molecule has 0 unspecified atom stereocenters. The van der Waals surface area contributed by atoms with Crippen LogP contribution in [0.3, 0.4) is 0 Å². The van der Waals surface area contributed by atoms with E-state index in [0.29, 0.717) is 9.23 Å². The van der Waals surface area contributed by atoms with Gasteiger partial charge in [-0.2, -0.15) is 0 Å². The van der Waals surface area contributed by atoms with Crippen molar-refractivity contribution >= 4 is 51.9 Å². The molecular weight excluding hydrogens is 316 g/mol. The van der Waals surface area contributed by atoms with Crippen LogP contribution >= 0.6 is 35.7 Å². The third-order valence-electron chi connectivity index (χ3n) is 2.85. The van der Waals surface area contributed by atoms with Crippen molar-refractivity contribution in [3.8, 4) is 0 Å². The molecule has 108 valence electrons. The van der Waals surface area contributed by atoms with Crippen molar-refractivity contribution in [2.75, 3.05) is 25.4 Å². The lowest BCUT2D eigenvalue weighted by Gasteiger charge is -2.15. The molecule has 0 aromatic carbocycles. The fourth-order valence-corrected chi connectivity index (χ4v) is 4.15. The maximum absolute atomic E-state index is 12.0. The molecule has 0 radical (unpaired) electrons. The Hall–Kier alpha value is -0.990. The third-order valence-corrected chi connectivity index (χ3v) is 5.32. The van der Waals surface area contributed by atoms with Crippen molar-refractivity contribution in [2.45, 2.75) is 6.92 Å². The number of carboxylic acids is 1. The summed E-state index contributed by atoms with van der Waals surface area (Å²) in [6, 6.07) is 0. The molecule has 1 amide bonds. The summed E-state index contributed by atoms with van der Waals surface area (Å²) in [5.41, 5.74) is 0. The summed E-state index contributed by atoms with van der Waals surface area (Å²) in [4.78, 5) is 26.6. The van der Waals surface area contributed by atoms with Crippen molar-refractivity contribution in [2.24, 2.45) is 0 Å². The molecule has 2 heterocycles. The minimum Gasteiger partial charge on any atom is -0.480 e. The monoisotopic (exact) mass is 330 g/mol. The summed E-state index contributed by atoms with van der Waals surface area (Å²) in [6.07, 6.45) is 3.64. The number of aliphatic carboxylic acids is 1.